The van der Waals surface area contributed by atoms with Crippen LogP contribution in [0.3, 0.4) is 0 Å². The van der Waals surface area contributed by atoms with Crippen LogP contribution in [0.5, 0.6) is 0 Å². The van der Waals surface area contributed by atoms with Crippen LogP contribution in [-0.4, -0.2) is 19.9 Å². The third-order valence-corrected chi connectivity index (χ3v) is 6.48. The highest BCUT2D eigenvalue weighted by molar-refractivity contribution is 7.85. The molecule has 0 radical (unpaired) electrons. The van der Waals surface area contributed by atoms with Gasteiger partial charge in [-0.2, -0.15) is 0 Å². The molecule has 0 unspecified atom stereocenters. The van der Waals surface area contributed by atoms with Crippen LogP contribution in [0.15, 0.2) is 58.3 Å². The zero-order valence-corrected chi connectivity index (χ0v) is 15.0. The number of rotatable bonds is 7. The number of unbranched alkanes of at least 4 members (excludes halogenated alkanes) is 1. The lowest BCUT2D eigenvalue weighted by atomic mass is 10.4. The molecule has 0 aliphatic carbocycles. The van der Waals surface area contributed by atoms with Gasteiger partial charge in [-0.1, -0.05) is 23.2 Å². The third kappa shape index (κ3) is 5.51. The first-order valence-corrected chi connectivity index (χ1v) is 10.2. The van der Waals surface area contributed by atoms with Crippen LogP contribution in [-0.2, 0) is 21.6 Å². The van der Waals surface area contributed by atoms with Crippen LogP contribution in [0.4, 0.5) is 0 Å². The maximum atomic E-state index is 12.1. The molecule has 0 spiro atoms. The number of hydrogen-bond donors (Lipinski definition) is 0. The van der Waals surface area contributed by atoms with E-state index in [1.54, 1.807) is 48.5 Å². The quantitative estimate of drug-likeness (QED) is 0.658. The number of hydrogen-bond acceptors (Lipinski definition) is 2. The van der Waals surface area contributed by atoms with Gasteiger partial charge in [0.2, 0.25) is 0 Å². The molecule has 2 aromatic carbocycles. The van der Waals surface area contributed by atoms with E-state index in [0.717, 1.165) is 22.6 Å². The zero-order valence-electron chi connectivity index (χ0n) is 11.8. The van der Waals surface area contributed by atoms with E-state index in [1.165, 1.54) is 0 Å². The van der Waals surface area contributed by atoms with E-state index in [0.29, 0.717) is 21.6 Å². The van der Waals surface area contributed by atoms with Crippen molar-refractivity contribution in [3.63, 3.8) is 0 Å². The molecule has 0 aliphatic heterocycles. The first-order valence-electron chi connectivity index (χ1n) is 6.84. The summed E-state index contributed by atoms with van der Waals surface area (Å²) in [6.07, 6.45) is 1.54. The summed E-state index contributed by atoms with van der Waals surface area (Å²) in [6.45, 7) is 0. The Bertz CT molecular complexity index is 595. The van der Waals surface area contributed by atoms with Gasteiger partial charge in [0.1, 0.15) is 0 Å². The average Bonchev–Trinajstić information content (AvgIpc) is 2.52. The fourth-order valence-electron chi connectivity index (χ4n) is 1.87. The van der Waals surface area contributed by atoms with Crippen molar-refractivity contribution < 1.29 is 8.42 Å². The Hall–Kier alpha value is -0.680. The van der Waals surface area contributed by atoms with Gasteiger partial charge in [-0.15, -0.1) is 0 Å². The molecule has 2 atom stereocenters. The second kappa shape index (κ2) is 8.82. The molecule has 0 saturated carbocycles. The molecule has 6 heteroatoms. The van der Waals surface area contributed by atoms with Gasteiger partial charge in [0.05, 0.1) is 21.6 Å². The molecular formula is C16H16Cl2O2S2. The zero-order chi connectivity index (χ0) is 15.9. The van der Waals surface area contributed by atoms with Crippen molar-refractivity contribution in [2.75, 3.05) is 11.5 Å². The monoisotopic (exact) mass is 374 g/mol. The van der Waals surface area contributed by atoms with Gasteiger partial charge in [0.15, 0.2) is 0 Å². The van der Waals surface area contributed by atoms with Crippen molar-refractivity contribution in [2.45, 2.75) is 22.6 Å². The van der Waals surface area contributed by atoms with E-state index in [2.05, 4.69) is 0 Å². The highest BCUT2D eigenvalue weighted by Crippen LogP contribution is 2.15. The van der Waals surface area contributed by atoms with E-state index >= 15 is 0 Å². The first kappa shape index (κ1) is 17.7. The summed E-state index contributed by atoms with van der Waals surface area (Å²) < 4.78 is 24.2. The van der Waals surface area contributed by atoms with Gasteiger partial charge in [0, 0.05) is 31.3 Å². The van der Waals surface area contributed by atoms with E-state index in [1.807, 2.05) is 0 Å². The Morgan fingerprint density at radius 1 is 0.636 bits per heavy atom. The predicted octanol–water partition coefficient (Wildman–Crippen LogP) is 4.69. The fraction of sp³-hybridized carbons (Fsp3) is 0.250. The lowest BCUT2D eigenvalue weighted by Gasteiger charge is -2.04. The third-order valence-electron chi connectivity index (χ3n) is 3.06. The van der Waals surface area contributed by atoms with Crippen LogP contribution in [0.25, 0.3) is 0 Å². The lowest BCUT2D eigenvalue weighted by molar-refractivity contribution is 0.674. The largest absolute Gasteiger partial charge is 0.254 e. The molecule has 0 heterocycles. The summed E-state index contributed by atoms with van der Waals surface area (Å²) >= 11 is 11.6. The molecule has 0 bridgehead atoms. The van der Waals surface area contributed by atoms with Crippen LogP contribution in [0, 0.1) is 0 Å². The molecule has 22 heavy (non-hydrogen) atoms. The molecule has 2 nitrogen and oxygen atoms in total. The summed E-state index contributed by atoms with van der Waals surface area (Å²) in [6, 6.07) is 14.1. The molecule has 2 rings (SSSR count). The highest BCUT2D eigenvalue weighted by atomic mass is 35.5. The number of benzene rings is 2. The molecule has 118 valence electrons. The van der Waals surface area contributed by atoms with Crippen LogP contribution < -0.4 is 0 Å². The summed E-state index contributed by atoms with van der Waals surface area (Å²) in [7, 11) is -2.06. The van der Waals surface area contributed by atoms with Crippen LogP contribution in [0.2, 0.25) is 10.0 Å². The van der Waals surface area contributed by atoms with Crippen LogP contribution >= 0.6 is 23.2 Å². The molecule has 0 amide bonds. The summed E-state index contributed by atoms with van der Waals surface area (Å²) in [4.78, 5) is 1.56. The molecule has 0 N–H and O–H groups in total. The smallest absolute Gasteiger partial charge is 0.0529 e. The SMILES string of the molecule is O=[S@](CCCC[S@@](=O)c1ccc(Cl)cc1)c1ccc(Cl)cc1. The lowest BCUT2D eigenvalue weighted by Crippen LogP contribution is -2.02. The van der Waals surface area contributed by atoms with Gasteiger partial charge in [-0.05, 0) is 61.4 Å². The van der Waals surface area contributed by atoms with Gasteiger partial charge < -0.3 is 0 Å². The minimum absolute atomic E-state index is 0.569. The Morgan fingerprint density at radius 2 is 0.955 bits per heavy atom. The molecule has 0 aromatic heterocycles. The minimum Gasteiger partial charge on any atom is -0.254 e. The fourth-order valence-corrected chi connectivity index (χ4v) is 4.41. The van der Waals surface area contributed by atoms with E-state index in [4.69, 9.17) is 23.2 Å². The predicted molar refractivity (Wildman–Crippen MR) is 94.7 cm³/mol. The summed E-state index contributed by atoms with van der Waals surface area (Å²) in [5, 5.41) is 1.28. The standard InChI is InChI=1S/C16H16Cl2O2S2/c17-13-3-7-15(8-4-13)21(19)11-1-2-12-22(20)16-9-5-14(18)6-10-16/h3-10H,1-2,11-12H2/t21-,22-/m1/s1. The molecule has 0 aliphatic rings. The molecule has 2 aromatic rings. The van der Waals surface area contributed by atoms with Crippen molar-refractivity contribution in [2.24, 2.45) is 0 Å². The second-order valence-corrected chi connectivity index (χ2v) is 8.73. The molecule has 0 saturated heterocycles. The van der Waals surface area contributed by atoms with Crippen molar-refractivity contribution in [3.8, 4) is 0 Å². The maximum absolute atomic E-state index is 12.1. The Morgan fingerprint density at radius 3 is 1.27 bits per heavy atom. The molecule has 0 fully saturated rings. The Balaban J connectivity index is 1.74. The van der Waals surface area contributed by atoms with Crippen molar-refractivity contribution in [1.82, 2.24) is 0 Å². The summed E-state index contributed by atoms with van der Waals surface area (Å²) in [5.74, 6) is 1.14. The van der Waals surface area contributed by atoms with Gasteiger partial charge in [0.25, 0.3) is 0 Å². The Kier molecular flexibility index (Phi) is 7.09. The van der Waals surface area contributed by atoms with Gasteiger partial charge >= 0.3 is 0 Å². The minimum atomic E-state index is -1.03. The van der Waals surface area contributed by atoms with E-state index in [-0.39, 0.29) is 0 Å². The first-order chi connectivity index (χ1) is 10.6. The average molecular weight is 375 g/mol. The van der Waals surface area contributed by atoms with Crippen molar-refractivity contribution >= 4 is 44.8 Å². The highest BCUT2D eigenvalue weighted by Gasteiger charge is 2.06. The van der Waals surface area contributed by atoms with Gasteiger partial charge in [-0.25, -0.2) is 0 Å². The topological polar surface area (TPSA) is 34.1 Å². The van der Waals surface area contributed by atoms with E-state index in [9.17, 15) is 8.42 Å². The van der Waals surface area contributed by atoms with Gasteiger partial charge in [-0.3, -0.25) is 8.42 Å². The molecular weight excluding hydrogens is 359 g/mol. The summed E-state index contributed by atoms with van der Waals surface area (Å²) in [5.41, 5.74) is 0. The van der Waals surface area contributed by atoms with Crippen LogP contribution in [0.1, 0.15) is 12.8 Å². The Labute approximate surface area is 145 Å². The van der Waals surface area contributed by atoms with E-state index < -0.39 is 21.6 Å². The number of halogens is 2. The normalized spacial score (nSPS) is 13.7. The second-order valence-electron chi connectivity index (χ2n) is 4.71. The van der Waals surface area contributed by atoms with Crippen molar-refractivity contribution in [3.05, 3.63) is 58.6 Å². The maximum Gasteiger partial charge on any atom is 0.0529 e. The van der Waals surface area contributed by atoms with Crippen molar-refractivity contribution in [1.29, 1.82) is 0 Å².